The lowest BCUT2D eigenvalue weighted by Crippen LogP contribution is -2.30. The molecule has 0 fully saturated rings. The molecule has 1 heteroatoms. The van der Waals surface area contributed by atoms with E-state index in [0.717, 1.165) is 12.5 Å². The molecule has 0 saturated carbocycles. The van der Waals surface area contributed by atoms with Gasteiger partial charge in [0.1, 0.15) is 0 Å². The van der Waals surface area contributed by atoms with Crippen LogP contribution < -0.4 is 4.90 Å². The van der Waals surface area contributed by atoms with Gasteiger partial charge in [-0.15, -0.1) is 0 Å². The van der Waals surface area contributed by atoms with Crippen LogP contribution >= 0.6 is 0 Å². The summed E-state index contributed by atoms with van der Waals surface area (Å²) >= 11 is 0. The van der Waals surface area contributed by atoms with Crippen molar-refractivity contribution in [3.8, 4) is 0 Å². The fourth-order valence-electron chi connectivity index (χ4n) is 5.54. The molecule has 0 aromatic heterocycles. The fraction of sp³-hybridized carbons (Fsp3) is 0.538. The Kier molecular flexibility index (Phi) is 4.82. The van der Waals surface area contributed by atoms with E-state index >= 15 is 0 Å². The van der Waals surface area contributed by atoms with Gasteiger partial charge in [-0.3, -0.25) is 0 Å². The van der Waals surface area contributed by atoms with E-state index in [1.807, 2.05) is 0 Å². The molecule has 1 nitrogen and oxygen atoms in total. The van der Waals surface area contributed by atoms with Gasteiger partial charge in [0.25, 0.3) is 0 Å². The zero-order valence-electron chi connectivity index (χ0n) is 17.8. The number of hydrogen-bond donors (Lipinski definition) is 0. The largest absolute Gasteiger partial charge is 0.374 e. The summed E-state index contributed by atoms with van der Waals surface area (Å²) in [6.45, 7) is 10.8. The van der Waals surface area contributed by atoms with Crippen LogP contribution in [0.25, 0.3) is 0 Å². The second kappa shape index (κ2) is 7.00. The summed E-state index contributed by atoms with van der Waals surface area (Å²) in [6.07, 6.45) is 5.20. The van der Waals surface area contributed by atoms with Crippen LogP contribution in [0.1, 0.15) is 74.6 Å². The monoisotopic (exact) mass is 361 g/mol. The van der Waals surface area contributed by atoms with Gasteiger partial charge in [0.2, 0.25) is 0 Å². The topological polar surface area (TPSA) is 3.24 Å². The van der Waals surface area contributed by atoms with Crippen molar-refractivity contribution in [3.05, 3.63) is 64.7 Å². The number of hydrogen-bond acceptors (Lipinski definition) is 1. The zero-order chi connectivity index (χ0) is 19.2. The first-order valence-corrected chi connectivity index (χ1v) is 10.8. The van der Waals surface area contributed by atoms with Crippen molar-refractivity contribution in [1.29, 1.82) is 0 Å². The SMILES string of the molecule is CC(C)c1ccc2c(c1)CCC(CC(C)(C)C1CN(C)c3ccccc31)C2. The second-order valence-corrected chi connectivity index (χ2v) is 9.98. The minimum absolute atomic E-state index is 0.334. The van der Waals surface area contributed by atoms with Crippen molar-refractivity contribution in [2.45, 2.75) is 65.2 Å². The maximum atomic E-state index is 2.50. The van der Waals surface area contributed by atoms with Crippen molar-refractivity contribution in [1.82, 2.24) is 0 Å². The number of benzene rings is 2. The highest BCUT2D eigenvalue weighted by Gasteiger charge is 2.39. The molecule has 2 aliphatic rings. The Bertz CT molecular complexity index is 817. The van der Waals surface area contributed by atoms with Crippen LogP contribution in [0.3, 0.4) is 0 Å². The lowest BCUT2D eigenvalue weighted by atomic mass is 9.67. The lowest BCUT2D eigenvalue weighted by molar-refractivity contribution is 0.210. The molecular weight excluding hydrogens is 326 g/mol. The maximum Gasteiger partial charge on any atom is 0.0400 e. The van der Waals surface area contributed by atoms with E-state index in [4.69, 9.17) is 0 Å². The van der Waals surface area contributed by atoms with Crippen LogP contribution in [-0.2, 0) is 12.8 Å². The predicted molar refractivity (Wildman–Crippen MR) is 117 cm³/mol. The van der Waals surface area contributed by atoms with Crippen LogP contribution in [-0.4, -0.2) is 13.6 Å². The molecule has 2 unspecified atom stereocenters. The molecular formula is C26H35N. The molecule has 27 heavy (non-hydrogen) atoms. The number of anilines is 1. The first-order chi connectivity index (χ1) is 12.8. The van der Waals surface area contributed by atoms with Gasteiger partial charge in [-0.2, -0.15) is 0 Å². The average Bonchev–Trinajstić information content (AvgIpc) is 2.99. The van der Waals surface area contributed by atoms with Crippen LogP contribution in [0, 0.1) is 11.3 Å². The summed E-state index contributed by atoms with van der Waals surface area (Å²) in [7, 11) is 2.25. The van der Waals surface area contributed by atoms with Gasteiger partial charge >= 0.3 is 0 Å². The van der Waals surface area contributed by atoms with Crippen LogP contribution in [0.15, 0.2) is 42.5 Å². The third kappa shape index (κ3) is 3.53. The van der Waals surface area contributed by atoms with E-state index in [1.165, 1.54) is 36.9 Å². The maximum absolute atomic E-state index is 2.50. The van der Waals surface area contributed by atoms with Crippen LogP contribution in [0.5, 0.6) is 0 Å². The van der Waals surface area contributed by atoms with Crippen LogP contribution in [0.4, 0.5) is 5.69 Å². The second-order valence-electron chi connectivity index (χ2n) is 9.98. The quantitative estimate of drug-likeness (QED) is 0.595. The molecule has 2 atom stereocenters. The molecule has 0 radical (unpaired) electrons. The summed E-state index contributed by atoms with van der Waals surface area (Å²) in [5, 5.41) is 0. The Morgan fingerprint density at radius 2 is 1.85 bits per heavy atom. The minimum Gasteiger partial charge on any atom is -0.374 e. The molecule has 0 saturated heterocycles. The van der Waals surface area contributed by atoms with E-state index < -0.39 is 0 Å². The molecule has 2 aromatic carbocycles. The molecule has 0 bridgehead atoms. The summed E-state index contributed by atoms with van der Waals surface area (Å²) in [4.78, 5) is 2.45. The van der Waals surface area contributed by atoms with Crippen molar-refractivity contribution in [3.63, 3.8) is 0 Å². The fourth-order valence-corrected chi connectivity index (χ4v) is 5.54. The molecule has 0 N–H and O–H groups in total. The molecule has 4 rings (SSSR count). The molecule has 1 aliphatic carbocycles. The molecule has 2 aromatic rings. The normalized spacial score (nSPS) is 22.1. The Morgan fingerprint density at radius 1 is 1.07 bits per heavy atom. The third-order valence-electron chi connectivity index (χ3n) is 7.17. The van der Waals surface area contributed by atoms with Gasteiger partial charge in [-0.05, 0) is 71.3 Å². The zero-order valence-corrected chi connectivity index (χ0v) is 17.8. The van der Waals surface area contributed by atoms with E-state index in [2.05, 4.69) is 82.1 Å². The summed E-state index contributed by atoms with van der Waals surface area (Å²) in [5.41, 5.74) is 8.05. The third-order valence-corrected chi connectivity index (χ3v) is 7.17. The highest BCUT2D eigenvalue weighted by atomic mass is 15.1. The number of nitrogens with zero attached hydrogens (tertiary/aromatic N) is 1. The smallest absolute Gasteiger partial charge is 0.0400 e. The summed E-state index contributed by atoms with van der Waals surface area (Å²) in [5.74, 6) is 2.09. The standard InChI is InChI=1S/C26H35N/c1-18(2)20-12-13-21-14-19(10-11-22(21)15-20)16-26(3,4)24-17-27(5)25-9-7-6-8-23(24)25/h6-9,12-13,15,18-19,24H,10-11,14,16-17H2,1-5H3. The number of likely N-dealkylation sites (N-methyl/N-ethyl adjacent to an activating group) is 1. The number of aryl methyl sites for hydroxylation is 1. The van der Waals surface area contributed by atoms with Gasteiger partial charge in [0.15, 0.2) is 0 Å². The Balaban J connectivity index is 1.50. The first kappa shape index (κ1) is 18.6. The van der Waals surface area contributed by atoms with Crippen molar-refractivity contribution >= 4 is 5.69 Å². The van der Waals surface area contributed by atoms with Gasteiger partial charge in [0.05, 0.1) is 0 Å². The van der Waals surface area contributed by atoms with Gasteiger partial charge < -0.3 is 4.90 Å². The number of rotatable bonds is 4. The summed E-state index contributed by atoms with van der Waals surface area (Å²) < 4.78 is 0. The molecule has 1 heterocycles. The van der Waals surface area contributed by atoms with Gasteiger partial charge in [-0.1, -0.05) is 64.1 Å². The molecule has 0 amide bonds. The number of para-hydroxylation sites is 1. The first-order valence-electron chi connectivity index (χ1n) is 10.8. The van der Waals surface area contributed by atoms with E-state index in [0.29, 0.717) is 17.3 Å². The Morgan fingerprint density at radius 3 is 2.63 bits per heavy atom. The predicted octanol–water partition coefficient (Wildman–Crippen LogP) is 6.56. The van der Waals surface area contributed by atoms with E-state index in [1.54, 1.807) is 16.7 Å². The van der Waals surface area contributed by atoms with Gasteiger partial charge in [0, 0.05) is 25.2 Å². The van der Waals surface area contributed by atoms with E-state index in [9.17, 15) is 0 Å². The number of fused-ring (bicyclic) bond motifs is 2. The van der Waals surface area contributed by atoms with Crippen molar-refractivity contribution < 1.29 is 0 Å². The van der Waals surface area contributed by atoms with E-state index in [-0.39, 0.29) is 0 Å². The van der Waals surface area contributed by atoms with Crippen LogP contribution in [0.2, 0.25) is 0 Å². The van der Waals surface area contributed by atoms with Crippen molar-refractivity contribution in [2.75, 3.05) is 18.5 Å². The van der Waals surface area contributed by atoms with Crippen molar-refractivity contribution in [2.24, 2.45) is 11.3 Å². The summed E-state index contributed by atoms with van der Waals surface area (Å²) in [6, 6.07) is 16.3. The lowest BCUT2D eigenvalue weighted by Gasteiger charge is -2.37. The molecule has 1 aliphatic heterocycles. The van der Waals surface area contributed by atoms with Gasteiger partial charge in [-0.25, -0.2) is 0 Å². The highest BCUT2D eigenvalue weighted by Crippen LogP contribution is 2.49. The average molecular weight is 362 g/mol. The molecule has 0 spiro atoms. The Hall–Kier alpha value is -1.76. The molecule has 144 valence electrons. The Labute approximate surface area is 165 Å². The highest BCUT2D eigenvalue weighted by molar-refractivity contribution is 5.60. The minimum atomic E-state index is 0.334.